The van der Waals surface area contributed by atoms with Gasteiger partial charge in [0.05, 0.1) is 59.5 Å². The maximum Gasteiger partial charge on any atom is 0.314 e. The molecule has 2 fully saturated rings. The van der Waals surface area contributed by atoms with Gasteiger partial charge in [0.15, 0.2) is 12.3 Å². The minimum absolute atomic E-state index is 0.0197. The Morgan fingerprint density at radius 3 is 1.11 bits per heavy atom. The van der Waals surface area contributed by atoms with Gasteiger partial charge in [-0.3, -0.25) is 4.79 Å². The molecule has 0 radical (unpaired) electrons. The van der Waals surface area contributed by atoms with Crippen LogP contribution in [0.5, 0.6) is 0 Å². The van der Waals surface area contributed by atoms with Gasteiger partial charge >= 0.3 is 5.97 Å². The molecule has 7 aromatic rings. The first-order valence-corrected chi connectivity index (χ1v) is 26.8. The van der Waals surface area contributed by atoms with Gasteiger partial charge in [-0.25, -0.2) is 0 Å². The topological polar surface area (TPSA) is 199 Å². The predicted molar refractivity (Wildman–Crippen MR) is 296 cm³/mol. The molecule has 1 heterocycles. The third-order valence-electron chi connectivity index (χ3n) is 13.9. The second kappa shape index (κ2) is 30.5. The number of nitrogens with zero attached hydrogens (tertiary/aromatic N) is 3. The lowest BCUT2D eigenvalue weighted by molar-refractivity contribution is -0.363. The Labute approximate surface area is 466 Å². The van der Waals surface area contributed by atoms with Crippen LogP contribution in [0.4, 0.5) is 0 Å². The second-order valence-corrected chi connectivity index (χ2v) is 19.6. The van der Waals surface area contributed by atoms with Crippen LogP contribution in [0.3, 0.4) is 0 Å². The molecule has 416 valence electrons. The van der Waals surface area contributed by atoms with E-state index in [0.717, 1.165) is 38.9 Å². The number of aliphatic hydroxyl groups is 1. The predicted octanol–water partition coefficient (Wildman–Crippen LogP) is 10.3. The highest BCUT2D eigenvalue weighted by Gasteiger charge is 2.57. The van der Waals surface area contributed by atoms with Crippen LogP contribution in [0.25, 0.3) is 10.4 Å². The number of azide groups is 1. The zero-order chi connectivity index (χ0) is 55.1. The Morgan fingerprint density at radius 1 is 0.438 bits per heavy atom. The van der Waals surface area contributed by atoms with E-state index in [-0.39, 0.29) is 52.9 Å². The fourth-order valence-electron chi connectivity index (χ4n) is 9.79. The molecule has 16 nitrogen and oxygen atoms in total. The molecule has 2 N–H and O–H groups in total. The van der Waals surface area contributed by atoms with Crippen LogP contribution in [-0.4, -0.2) is 103 Å². The number of benzene rings is 7. The van der Waals surface area contributed by atoms with Crippen LogP contribution >= 0.6 is 0 Å². The van der Waals surface area contributed by atoms with Crippen molar-refractivity contribution in [1.82, 2.24) is 0 Å². The zero-order valence-corrected chi connectivity index (χ0v) is 44.2. The first kappa shape index (κ1) is 57.6. The lowest BCUT2D eigenvalue weighted by Crippen LogP contribution is -2.69. The van der Waals surface area contributed by atoms with E-state index in [1.54, 1.807) is 0 Å². The SMILES string of the molecule is [N-]=[N+]=N[C@@H](CO[C@@H]1[C@@H](O)[C@@H](O[C@H]2O[C@H](COCc3ccccc3)[C@@H](OCc3ccccc3)[C@H](OCc3ccccc3)[C@@H]2OCc2ccccc2)[C@@H](OCc2ccccc2)[C@H](OCc2ccccc2)[C@H]1OCc1ccccc1)C(=O)O. The molecule has 7 aromatic carbocycles. The molecule has 0 bridgehead atoms. The third-order valence-corrected chi connectivity index (χ3v) is 13.9. The van der Waals surface area contributed by atoms with Crippen molar-refractivity contribution in [3.8, 4) is 0 Å². The van der Waals surface area contributed by atoms with E-state index in [9.17, 15) is 20.5 Å². The first-order chi connectivity index (χ1) is 39.4. The summed E-state index contributed by atoms with van der Waals surface area (Å²) in [5.74, 6) is -1.43. The average molecular weight is 1090 g/mol. The van der Waals surface area contributed by atoms with E-state index < -0.39 is 85.9 Å². The third kappa shape index (κ3) is 16.5. The van der Waals surface area contributed by atoms with Crippen molar-refractivity contribution in [3.05, 3.63) is 262 Å². The van der Waals surface area contributed by atoms with Crippen LogP contribution < -0.4 is 0 Å². The number of rotatable bonds is 29. The maximum absolute atomic E-state index is 13.2. The normalized spacial score (nSPS) is 24.1. The van der Waals surface area contributed by atoms with Gasteiger partial charge in [-0.05, 0) is 44.5 Å². The largest absolute Gasteiger partial charge is 0.481 e. The van der Waals surface area contributed by atoms with Gasteiger partial charge in [0.1, 0.15) is 61.0 Å². The minimum Gasteiger partial charge on any atom is -0.481 e. The number of aliphatic hydroxyl groups excluding tert-OH is 1. The highest BCUT2D eigenvalue weighted by molar-refractivity contribution is 5.73. The summed E-state index contributed by atoms with van der Waals surface area (Å²) in [6.07, 6.45) is -12.8. The van der Waals surface area contributed by atoms with Crippen LogP contribution in [0, 0.1) is 0 Å². The number of aliphatic carboxylic acids is 1. The highest BCUT2D eigenvalue weighted by atomic mass is 16.7. The molecule has 16 heteroatoms. The molecule has 1 aliphatic carbocycles. The monoisotopic (exact) mass is 1090 g/mol. The van der Waals surface area contributed by atoms with Crippen molar-refractivity contribution < 1.29 is 62.4 Å². The zero-order valence-electron chi connectivity index (χ0n) is 44.2. The molecule has 80 heavy (non-hydrogen) atoms. The van der Waals surface area contributed by atoms with Gasteiger partial charge in [0.25, 0.3) is 0 Å². The van der Waals surface area contributed by atoms with E-state index >= 15 is 0 Å². The summed E-state index contributed by atoms with van der Waals surface area (Å²) in [6, 6.07) is 66.0. The molecule has 0 amide bonds. The van der Waals surface area contributed by atoms with Crippen LogP contribution in [0.15, 0.2) is 217 Å². The van der Waals surface area contributed by atoms with E-state index in [1.807, 2.05) is 212 Å². The van der Waals surface area contributed by atoms with Crippen molar-refractivity contribution in [1.29, 1.82) is 0 Å². The maximum atomic E-state index is 13.2. The van der Waals surface area contributed by atoms with Crippen LogP contribution in [-0.2, 0) is 98.4 Å². The molecular weight excluding hydrogens is 1020 g/mol. The van der Waals surface area contributed by atoms with Gasteiger partial charge in [0, 0.05) is 4.91 Å². The molecule has 1 saturated heterocycles. The van der Waals surface area contributed by atoms with Crippen molar-refractivity contribution in [3.63, 3.8) is 0 Å². The lowest BCUT2D eigenvalue weighted by atomic mass is 9.83. The first-order valence-electron chi connectivity index (χ1n) is 26.8. The van der Waals surface area contributed by atoms with Gasteiger partial charge in [0.2, 0.25) is 0 Å². The number of hydrogen-bond acceptors (Lipinski definition) is 13. The quantitative estimate of drug-likeness (QED) is 0.0255. The molecule has 0 unspecified atom stereocenters. The number of carboxylic acids is 1. The van der Waals surface area contributed by atoms with E-state index in [4.69, 9.17) is 47.4 Å². The van der Waals surface area contributed by atoms with Gasteiger partial charge in [-0.2, -0.15) is 0 Å². The summed E-state index contributed by atoms with van der Waals surface area (Å²) < 4.78 is 69.2. The molecule has 1 aliphatic heterocycles. The Balaban J connectivity index is 1.15. The van der Waals surface area contributed by atoms with E-state index in [0.29, 0.717) is 0 Å². The van der Waals surface area contributed by atoms with Crippen LogP contribution in [0.1, 0.15) is 38.9 Å². The fourth-order valence-corrected chi connectivity index (χ4v) is 9.79. The van der Waals surface area contributed by atoms with Crippen molar-refractivity contribution in [2.24, 2.45) is 5.11 Å². The summed E-state index contributed by atoms with van der Waals surface area (Å²) in [5, 5.41) is 26.9. The molecule has 1 saturated carbocycles. The molecule has 0 spiro atoms. The Bertz CT molecular complexity index is 2910. The Morgan fingerprint density at radius 2 is 0.750 bits per heavy atom. The van der Waals surface area contributed by atoms with Crippen molar-refractivity contribution >= 4 is 5.97 Å². The van der Waals surface area contributed by atoms with Crippen LogP contribution in [0.2, 0.25) is 0 Å². The molecule has 2 aliphatic rings. The fraction of sp³-hybridized carbons (Fsp3) is 0.328. The molecule has 9 rings (SSSR count). The summed E-state index contributed by atoms with van der Waals surface area (Å²) in [4.78, 5) is 15.3. The summed E-state index contributed by atoms with van der Waals surface area (Å²) in [6.45, 7) is 0.235. The smallest absolute Gasteiger partial charge is 0.314 e. The average Bonchev–Trinajstić information content (AvgIpc) is 3.50. The van der Waals surface area contributed by atoms with Gasteiger partial charge < -0.3 is 57.6 Å². The van der Waals surface area contributed by atoms with Gasteiger partial charge in [-0.1, -0.05) is 217 Å². The number of hydrogen-bond donors (Lipinski definition) is 2. The highest BCUT2D eigenvalue weighted by Crippen LogP contribution is 2.38. The Hall–Kier alpha value is -7.12. The molecule has 0 aromatic heterocycles. The van der Waals surface area contributed by atoms with Crippen molar-refractivity contribution in [2.45, 2.75) is 120 Å². The van der Waals surface area contributed by atoms with E-state index in [2.05, 4.69) is 10.0 Å². The molecular formula is C64H67N3O13. The lowest BCUT2D eigenvalue weighted by Gasteiger charge is -2.51. The number of carbonyl (C=O) groups is 1. The minimum atomic E-state index is -1.67. The summed E-state index contributed by atoms with van der Waals surface area (Å²) >= 11 is 0. The van der Waals surface area contributed by atoms with Crippen molar-refractivity contribution in [2.75, 3.05) is 13.2 Å². The standard InChI is InChI=1S/C64H67N3O13/c65-67-66-52(63(69)70)43-78-56-54(68)57(60(75-40-49-30-16-5-17-31-49)61(76-41-50-32-18-6-19-33-50)59(56)74-39-48-28-14-4-15-29-48)80-64-62(77-42-51-34-20-7-21-35-51)58(73-38-47-26-12-3-13-27-47)55(72-37-46-24-10-2-11-25-46)53(79-64)44-71-36-45-22-8-1-9-23-45/h1-35,52-62,64,68H,36-44H2,(H,69,70)/t52-,53+,54+,55+,56+,57+,58-,59-,60+,61+,62-,64+/m0/s1. The second-order valence-electron chi connectivity index (χ2n) is 19.6. The number of ether oxygens (including phenoxy) is 10. The summed E-state index contributed by atoms with van der Waals surface area (Å²) in [7, 11) is 0. The summed E-state index contributed by atoms with van der Waals surface area (Å²) in [5.41, 5.74) is 15.5. The Kier molecular flexibility index (Phi) is 21.9. The van der Waals surface area contributed by atoms with E-state index in [1.165, 1.54) is 0 Å². The van der Waals surface area contributed by atoms with Gasteiger partial charge in [-0.15, -0.1) is 0 Å². The molecule has 12 atom stereocenters. The number of carboxylic acid groups (broad SMARTS) is 1.